The molecular formula is C14H18Cl2N2O2S. The topological polar surface area (TPSA) is 49.4 Å². The molecule has 0 radical (unpaired) electrons. The third-order valence-corrected chi connectivity index (χ3v) is 6.90. The van der Waals surface area contributed by atoms with Crippen LogP contribution in [0.3, 0.4) is 0 Å². The minimum Gasteiger partial charge on any atom is -0.315 e. The molecule has 0 saturated carbocycles. The molecule has 21 heavy (non-hydrogen) atoms. The van der Waals surface area contributed by atoms with E-state index in [0.717, 1.165) is 32.4 Å². The van der Waals surface area contributed by atoms with Gasteiger partial charge in [-0.2, -0.15) is 4.31 Å². The monoisotopic (exact) mass is 348 g/mol. The number of halogens is 2. The van der Waals surface area contributed by atoms with Crippen molar-refractivity contribution in [2.75, 3.05) is 13.1 Å². The predicted molar refractivity (Wildman–Crippen MR) is 85.2 cm³/mol. The van der Waals surface area contributed by atoms with Crippen LogP contribution in [0.15, 0.2) is 18.2 Å². The van der Waals surface area contributed by atoms with E-state index < -0.39 is 10.0 Å². The molecule has 2 aliphatic heterocycles. The van der Waals surface area contributed by atoms with Gasteiger partial charge in [-0.3, -0.25) is 0 Å². The van der Waals surface area contributed by atoms with Crippen molar-refractivity contribution >= 4 is 33.2 Å². The van der Waals surface area contributed by atoms with E-state index in [1.54, 1.807) is 22.5 Å². The number of hydrogen-bond donors (Lipinski definition) is 1. The zero-order valence-electron chi connectivity index (χ0n) is 11.6. The van der Waals surface area contributed by atoms with Gasteiger partial charge in [-0.25, -0.2) is 8.42 Å². The number of fused-ring (bicyclic) bond motifs is 2. The minimum absolute atomic E-state index is 0.0590. The molecule has 1 N–H and O–H groups in total. The molecule has 7 heteroatoms. The van der Waals surface area contributed by atoms with Crippen molar-refractivity contribution in [3.05, 3.63) is 33.8 Å². The molecule has 3 rings (SSSR count). The highest BCUT2D eigenvalue weighted by molar-refractivity contribution is 7.88. The van der Waals surface area contributed by atoms with E-state index in [0.29, 0.717) is 15.6 Å². The number of hydrogen-bond acceptors (Lipinski definition) is 3. The lowest BCUT2D eigenvalue weighted by Gasteiger charge is -2.27. The second-order valence-electron chi connectivity index (χ2n) is 5.66. The number of benzene rings is 1. The van der Waals surface area contributed by atoms with Crippen LogP contribution in [-0.4, -0.2) is 37.9 Å². The van der Waals surface area contributed by atoms with Crippen LogP contribution < -0.4 is 5.32 Å². The average molecular weight is 349 g/mol. The summed E-state index contributed by atoms with van der Waals surface area (Å²) in [6.07, 6.45) is 2.74. The molecule has 2 heterocycles. The van der Waals surface area contributed by atoms with Gasteiger partial charge in [-0.15, -0.1) is 0 Å². The van der Waals surface area contributed by atoms with Crippen LogP contribution in [0.2, 0.25) is 10.0 Å². The molecule has 116 valence electrons. The first kappa shape index (κ1) is 15.6. The van der Waals surface area contributed by atoms with Gasteiger partial charge in [0.2, 0.25) is 10.0 Å². The van der Waals surface area contributed by atoms with Crippen LogP contribution in [-0.2, 0) is 15.8 Å². The van der Waals surface area contributed by atoms with Gasteiger partial charge in [0, 0.05) is 34.2 Å². The molecule has 0 spiro atoms. The van der Waals surface area contributed by atoms with Gasteiger partial charge >= 0.3 is 0 Å². The Bertz CT molecular complexity index is 602. The molecule has 0 aliphatic carbocycles. The lowest BCUT2D eigenvalue weighted by atomic mass is 10.1. The molecular weight excluding hydrogens is 331 g/mol. The van der Waals surface area contributed by atoms with Crippen molar-refractivity contribution in [1.82, 2.24) is 9.62 Å². The Morgan fingerprint density at radius 1 is 1.14 bits per heavy atom. The molecule has 2 unspecified atom stereocenters. The first-order valence-electron chi connectivity index (χ1n) is 7.14. The quantitative estimate of drug-likeness (QED) is 0.913. The number of nitrogens with zero attached hydrogens (tertiary/aromatic N) is 1. The van der Waals surface area contributed by atoms with Gasteiger partial charge in [0.15, 0.2) is 0 Å². The Morgan fingerprint density at radius 3 is 2.52 bits per heavy atom. The molecule has 0 aromatic heterocycles. The standard InChI is InChI=1S/C14H18Cl2N2O2S/c15-13-2-1-3-14(16)12(13)9-21(19,20)18-10-4-5-11(18)8-17-7-6-10/h1-3,10-11,17H,4-9H2. The molecule has 1 aromatic carbocycles. The first-order chi connectivity index (χ1) is 9.99. The Balaban J connectivity index is 1.90. The second kappa shape index (κ2) is 6.05. The highest BCUT2D eigenvalue weighted by atomic mass is 35.5. The summed E-state index contributed by atoms with van der Waals surface area (Å²) in [4.78, 5) is 0. The number of sulfonamides is 1. The summed E-state index contributed by atoms with van der Waals surface area (Å²) >= 11 is 12.2. The van der Waals surface area contributed by atoms with E-state index in [1.165, 1.54) is 0 Å². The van der Waals surface area contributed by atoms with E-state index in [4.69, 9.17) is 23.2 Å². The lowest BCUT2D eigenvalue weighted by Crippen LogP contribution is -2.43. The molecule has 2 saturated heterocycles. The van der Waals surface area contributed by atoms with E-state index in [9.17, 15) is 8.42 Å². The van der Waals surface area contributed by atoms with E-state index in [2.05, 4.69) is 5.32 Å². The van der Waals surface area contributed by atoms with Gasteiger partial charge < -0.3 is 5.32 Å². The summed E-state index contributed by atoms with van der Waals surface area (Å²) in [6, 6.07) is 5.24. The van der Waals surface area contributed by atoms with Crippen LogP contribution >= 0.6 is 23.2 Å². The maximum atomic E-state index is 12.9. The van der Waals surface area contributed by atoms with Crippen molar-refractivity contribution in [3.63, 3.8) is 0 Å². The van der Waals surface area contributed by atoms with Crippen LogP contribution in [0, 0.1) is 0 Å². The van der Waals surface area contributed by atoms with Gasteiger partial charge in [-0.1, -0.05) is 29.3 Å². The SMILES string of the molecule is O=S(=O)(Cc1c(Cl)cccc1Cl)N1C2CCNCC1CC2. The smallest absolute Gasteiger partial charge is 0.218 e. The molecule has 0 amide bonds. The summed E-state index contributed by atoms with van der Waals surface area (Å²) in [5, 5.41) is 4.13. The number of nitrogens with one attached hydrogen (secondary N) is 1. The summed E-state index contributed by atoms with van der Waals surface area (Å²) in [7, 11) is -3.42. The maximum absolute atomic E-state index is 12.9. The zero-order chi connectivity index (χ0) is 15.0. The fourth-order valence-electron chi connectivity index (χ4n) is 3.32. The third-order valence-electron chi connectivity index (χ3n) is 4.30. The van der Waals surface area contributed by atoms with Crippen molar-refractivity contribution in [3.8, 4) is 0 Å². The second-order valence-corrected chi connectivity index (χ2v) is 8.35. The first-order valence-corrected chi connectivity index (χ1v) is 9.50. The highest BCUT2D eigenvalue weighted by Gasteiger charge is 2.42. The summed E-state index contributed by atoms with van der Waals surface area (Å²) in [6.45, 7) is 1.60. The largest absolute Gasteiger partial charge is 0.315 e. The Hall–Kier alpha value is -0.330. The molecule has 2 atom stereocenters. The van der Waals surface area contributed by atoms with Crippen LogP contribution in [0.5, 0.6) is 0 Å². The molecule has 2 bridgehead atoms. The van der Waals surface area contributed by atoms with Crippen molar-refractivity contribution in [1.29, 1.82) is 0 Å². The van der Waals surface area contributed by atoms with Crippen molar-refractivity contribution < 1.29 is 8.42 Å². The fraction of sp³-hybridized carbons (Fsp3) is 0.571. The van der Waals surface area contributed by atoms with E-state index in [-0.39, 0.29) is 17.8 Å². The van der Waals surface area contributed by atoms with Gasteiger partial charge in [0.25, 0.3) is 0 Å². The molecule has 1 aromatic rings. The zero-order valence-corrected chi connectivity index (χ0v) is 13.9. The van der Waals surface area contributed by atoms with Crippen LogP contribution in [0.1, 0.15) is 24.8 Å². The van der Waals surface area contributed by atoms with Gasteiger partial charge in [-0.05, 0) is 37.9 Å². The molecule has 2 fully saturated rings. The summed E-state index contributed by atoms with van der Waals surface area (Å²) in [5.74, 6) is -0.126. The Morgan fingerprint density at radius 2 is 1.81 bits per heavy atom. The maximum Gasteiger partial charge on any atom is 0.218 e. The molecule has 2 aliphatic rings. The third kappa shape index (κ3) is 3.08. The molecule has 4 nitrogen and oxygen atoms in total. The van der Waals surface area contributed by atoms with E-state index >= 15 is 0 Å². The number of rotatable bonds is 3. The fourth-order valence-corrected chi connectivity index (χ4v) is 6.13. The van der Waals surface area contributed by atoms with Gasteiger partial charge in [0.05, 0.1) is 5.75 Å². The van der Waals surface area contributed by atoms with Crippen LogP contribution in [0.25, 0.3) is 0 Å². The Labute approximate surface area is 135 Å². The average Bonchev–Trinajstić information content (AvgIpc) is 2.68. The van der Waals surface area contributed by atoms with Crippen LogP contribution in [0.4, 0.5) is 0 Å². The van der Waals surface area contributed by atoms with Crippen molar-refractivity contribution in [2.45, 2.75) is 37.1 Å². The van der Waals surface area contributed by atoms with E-state index in [1.807, 2.05) is 0 Å². The predicted octanol–water partition coefficient (Wildman–Crippen LogP) is 2.65. The normalized spacial score (nSPS) is 26.8. The van der Waals surface area contributed by atoms with Gasteiger partial charge in [0.1, 0.15) is 0 Å². The summed E-state index contributed by atoms with van der Waals surface area (Å²) < 4.78 is 27.4. The lowest BCUT2D eigenvalue weighted by molar-refractivity contribution is 0.334. The summed E-state index contributed by atoms with van der Waals surface area (Å²) in [5.41, 5.74) is 0.498. The highest BCUT2D eigenvalue weighted by Crippen LogP contribution is 2.34. The van der Waals surface area contributed by atoms with Crippen molar-refractivity contribution in [2.24, 2.45) is 0 Å². The minimum atomic E-state index is -3.42. The Kier molecular flexibility index (Phi) is 4.48.